The Hall–Kier alpha value is 0.1000. The summed E-state index contributed by atoms with van der Waals surface area (Å²) in [6, 6.07) is 8.42. The summed E-state index contributed by atoms with van der Waals surface area (Å²) in [4.78, 5) is 0. The van der Waals surface area contributed by atoms with Gasteiger partial charge in [0.15, 0.2) is 0 Å². The minimum atomic E-state index is 0.534. The third-order valence-corrected chi connectivity index (χ3v) is 4.31. The topological polar surface area (TPSA) is 18.5 Å². The molecule has 1 atom stereocenters. The fourth-order valence-electron chi connectivity index (χ4n) is 1.80. The second-order valence-electron chi connectivity index (χ2n) is 4.12. The van der Waals surface area contributed by atoms with Crippen LogP contribution < -0.4 is 0 Å². The van der Waals surface area contributed by atoms with Crippen molar-refractivity contribution in [3.8, 4) is 0 Å². The summed E-state index contributed by atoms with van der Waals surface area (Å²) in [5, 5.41) is 0.980. The van der Waals surface area contributed by atoms with E-state index in [9.17, 15) is 0 Å². The van der Waals surface area contributed by atoms with Crippen LogP contribution >= 0.6 is 31.9 Å². The van der Waals surface area contributed by atoms with Crippen molar-refractivity contribution in [3.63, 3.8) is 0 Å². The molecule has 0 saturated heterocycles. The molecule has 0 fully saturated rings. The maximum atomic E-state index is 5.48. The van der Waals surface area contributed by atoms with Crippen LogP contribution in [-0.4, -0.2) is 32.3 Å². The predicted molar refractivity (Wildman–Crippen MR) is 82.6 cm³/mol. The molecule has 0 spiro atoms. The fourth-order valence-corrected chi connectivity index (χ4v) is 3.08. The Labute approximate surface area is 126 Å². The molecule has 1 aromatic carbocycles. The minimum absolute atomic E-state index is 0.534. The first-order valence-electron chi connectivity index (χ1n) is 6.16. The third kappa shape index (κ3) is 5.83. The number of halogens is 2. The van der Waals surface area contributed by atoms with E-state index in [0.717, 1.165) is 24.8 Å². The standard InChI is InChI=1S/C14H20Br2O2/c1-17-9-10-18-8-4-5-12(11-15)13-6-2-3-7-14(13)16/h2-3,6-7,12H,4-5,8-11H2,1H3. The molecule has 0 aliphatic heterocycles. The van der Waals surface area contributed by atoms with Gasteiger partial charge in [-0.2, -0.15) is 0 Å². The van der Waals surface area contributed by atoms with Crippen LogP contribution in [0.5, 0.6) is 0 Å². The average Bonchev–Trinajstić information content (AvgIpc) is 2.39. The second kappa shape index (κ2) is 9.96. The maximum absolute atomic E-state index is 5.48. The van der Waals surface area contributed by atoms with E-state index < -0.39 is 0 Å². The molecular formula is C14H20Br2O2. The lowest BCUT2D eigenvalue weighted by atomic mass is 9.96. The Kier molecular flexibility index (Phi) is 8.94. The van der Waals surface area contributed by atoms with Crippen molar-refractivity contribution in [1.29, 1.82) is 0 Å². The number of alkyl halides is 1. The summed E-state index contributed by atoms with van der Waals surface area (Å²) in [6.45, 7) is 2.16. The summed E-state index contributed by atoms with van der Waals surface area (Å²) in [7, 11) is 1.69. The molecule has 0 aromatic heterocycles. The monoisotopic (exact) mass is 378 g/mol. The summed E-state index contributed by atoms with van der Waals surface area (Å²) >= 11 is 7.21. The van der Waals surface area contributed by atoms with Crippen LogP contribution in [0, 0.1) is 0 Å². The molecule has 0 aliphatic rings. The lowest BCUT2D eigenvalue weighted by Gasteiger charge is -2.16. The van der Waals surface area contributed by atoms with Crippen LogP contribution in [0.25, 0.3) is 0 Å². The Morgan fingerprint density at radius 3 is 2.61 bits per heavy atom. The van der Waals surface area contributed by atoms with Gasteiger partial charge in [0.1, 0.15) is 0 Å². The van der Waals surface area contributed by atoms with E-state index in [1.165, 1.54) is 10.0 Å². The molecule has 0 amide bonds. The van der Waals surface area contributed by atoms with Gasteiger partial charge in [-0.1, -0.05) is 50.1 Å². The molecule has 18 heavy (non-hydrogen) atoms. The van der Waals surface area contributed by atoms with E-state index in [1.807, 2.05) is 6.07 Å². The summed E-state index contributed by atoms with van der Waals surface area (Å²) in [5.74, 6) is 0.534. The van der Waals surface area contributed by atoms with Crippen LogP contribution in [0.4, 0.5) is 0 Å². The van der Waals surface area contributed by atoms with E-state index in [0.29, 0.717) is 19.1 Å². The van der Waals surface area contributed by atoms with Crippen LogP contribution in [0.15, 0.2) is 28.7 Å². The molecule has 102 valence electrons. The SMILES string of the molecule is COCCOCCCC(CBr)c1ccccc1Br. The van der Waals surface area contributed by atoms with Gasteiger partial charge >= 0.3 is 0 Å². The molecule has 1 rings (SSSR count). The van der Waals surface area contributed by atoms with Gasteiger partial charge in [-0.05, 0) is 30.4 Å². The van der Waals surface area contributed by atoms with Gasteiger partial charge in [0, 0.05) is 23.5 Å². The number of rotatable bonds is 9. The average molecular weight is 380 g/mol. The highest BCUT2D eigenvalue weighted by Gasteiger charge is 2.12. The highest BCUT2D eigenvalue weighted by molar-refractivity contribution is 9.10. The fraction of sp³-hybridized carbons (Fsp3) is 0.571. The zero-order valence-electron chi connectivity index (χ0n) is 10.7. The van der Waals surface area contributed by atoms with Gasteiger partial charge in [0.2, 0.25) is 0 Å². The summed E-state index contributed by atoms with van der Waals surface area (Å²) in [6.07, 6.45) is 2.20. The molecule has 0 heterocycles. The van der Waals surface area contributed by atoms with Crippen molar-refractivity contribution in [1.82, 2.24) is 0 Å². The zero-order chi connectivity index (χ0) is 13.2. The molecule has 0 N–H and O–H groups in total. The summed E-state index contributed by atoms with van der Waals surface area (Å²) < 4.78 is 11.6. The van der Waals surface area contributed by atoms with Crippen LogP contribution in [0.1, 0.15) is 24.3 Å². The van der Waals surface area contributed by atoms with Gasteiger partial charge in [-0.3, -0.25) is 0 Å². The normalized spacial score (nSPS) is 12.6. The first-order valence-corrected chi connectivity index (χ1v) is 8.08. The quantitative estimate of drug-likeness (QED) is 0.468. The predicted octanol–water partition coefficient (Wildman–Crippen LogP) is 4.37. The van der Waals surface area contributed by atoms with Gasteiger partial charge in [0.05, 0.1) is 13.2 Å². The number of hydrogen-bond donors (Lipinski definition) is 0. The molecule has 0 saturated carbocycles. The molecular weight excluding hydrogens is 360 g/mol. The maximum Gasteiger partial charge on any atom is 0.0700 e. The van der Waals surface area contributed by atoms with E-state index in [2.05, 4.69) is 50.1 Å². The molecule has 0 bridgehead atoms. The Balaban J connectivity index is 2.32. The van der Waals surface area contributed by atoms with E-state index in [-0.39, 0.29) is 0 Å². The second-order valence-corrected chi connectivity index (χ2v) is 5.62. The first-order chi connectivity index (χ1) is 8.79. The van der Waals surface area contributed by atoms with Crippen molar-refractivity contribution in [2.75, 3.05) is 32.3 Å². The van der Waals surface area contributed by atoms with Crippen molar-refractivity contribution >= 4 is 31.9 Å². The third-order valence-electron chi connectivity index (χ3n) is 2.80. The highest BCUT2D eigenvalue weighted by atomic mass is 79.9. The van der Waals surface area contributed by atoms with E-state index >= 15 is 0 Å². The van der Waals surface area contributed by atoms with Crippen LogP contribution in [0.3, 0.4) is 0 Å². The van der Waals surface area contributed by atoms with Crippen molar-refractivity contribution in [3.05, 3.63) is 34.3 Å². The molecule has 2 nitrogen and oxygen atoms in total. The van der Waals surface area contributed by atoms with Crippen molar-refractivity contribution in [2.45, 2.75) is 18.8 Å². The van der Waals surface area contributed by atoms with E-state index in [4.69, 9.17) is 9.47 Å². The molecule has 0 aliphatic carbocycles. The summed E-state index contributed by atoms with van der Waals surface area (Å²) in [5.41, 5.74) is 1.37. The molecule has 0 radical (unpaired) electrons. The van der Waals surface area contributed by atoms with Gasteiger partial charge in [-0.15, -0.1) is 0 Å². The van der Waals surface area contributed by atoms with Gasteiger partial charge in [-0.25, -0.2) is 0 Å². The lowest BCUT2D eigenvalue weighted by molar-refractivity contribution is 0.0683. The van der Waals surface area contributed by atoms with Gasteiger partial charge in [0.25, 0.3) is 0 Å². The highest BCUT2D eigenvalue weighted by Crippen LogP contribution is 2.29. The largest absolute Gasteiger partial charge is 0.382 e. The molecule has 4 heteroatoms. The minimum Gasteiger partial charge on any atom is -0.382 e. The van der Waals surface area contributed by atoms with Crippen molar-refractivity contribution < 1.29 is 9.47 Å². The Morgan fingerprint density at radius 2 is 1.94 bits per heavy atom. The van der Waals surface area contributed by atoms with Gasteiger partial charge < -0.3 is 9.47 Å². The van der Waals surface area contributed by atoms with Crippen LogP contribution in [-0.2, 0) is 9.47 Å². The zero-order valence-corrected chi connectivity index (χ0v) is 13.9. The number of methoxy groups -OCH3 is 1. The number of benzene rings is 1. The lowest BCUT2D eigenvalue weighted by Crippen LogP contribution is -2.06. The molecule has 1 aromatic rings. The van der Waals surface area contributed by atoms with E-state index in [1.54, 1.807) is 7.11 Å². The molecule has 1 unspecified atom stereocenters. The first kappa shape index (κ1) is 16.2. The Morgan fingerprint density at radius 1 is 1.17 bits per heavy atom. The number of ether oxygens (including phenoxy) is 2. The number of hydrogen-bond acceptors (Lipinski definition) is 2. The van der Waals surface area contributed by atoms with Crippen molar-refractivity contribution in [2.24, 2.45) is 0 Å². The van der Waals surface area contributed by atoms with Crippen LogP contribution in [0.2, 0.25) is 0 Å². The Bertz CT molecular complexity index is 331. The smallest absolute Gasteiger partial charge is 0.0700 e.